The fourth-order valence-electron chi connectivity index (χ4n) is 0.669. The van der Waals surface area contributed by atoms with Crippen molar-refractivity contribution in [1.29, 1.82) is 0 Å². The summed E-state index contributed by atoms with van der Waals surface area (Å²) >= 11 is 0. The predicted octanol–water partition coefficient (Wildman–Crippen LogP) is 0.224. The Bertz CT molecular complexity index is 447. The summed E-state index contributed by atoms with van der Waals surface area (Å²) in [4.78, 5) is 0. The van der Waals surface area contributed by atoms with Crippen molar-refractivity contribution >= 4 is 20.2 Å². The zero-order chi connectivity index (χ0) is 13.0. The second kappa shape index (κ2) is 3.27. The zero-order valence-electron chi connectivity index (χ0n) is 7.36. The van der Waals surface area contributed by atoms with E-state index in [9.17, 15) is 34.4 Å². The molecule has 0 spiro atoms. The van der Waals surface area contributed by atoms with Gasteiger partial charge in [0, 0.05) is 0 Å². The van der Waals surface area contributed by atoms with Crippen LogP contribution in [-0.4, -0.2) is 33.6 Å². The molecule has 1 aliphatic heterocycles. The third kappa shape index (κ3) is 2.01. The first-order chi connectivity index (χ1) is 6.82. The van der Waals surface area contributed by atoms with Crippen LogP contribution in [0.5, 0.6) is 0 Å². The number of alkyl halides is 4. The summed E-state index contributed by atoms with van der Waals surface area (Å²) in [5.74, 6) is 0. The van der Waals surface area contributed by atoms with Crippen molar-refractivity contribution in [3.63, 3.8) is 0 Å². The topological polar surface area (TPSA) is 86.7 Å². The van der Waals surface area contributed by atoms with Gasteiger partial charge in [-0.3, -0.25) is 0 Å². The lowest BCUT2D eigenvalue weighted by Crippen LogP contribution is -2.44. The van der Waals surface area contributed by atoms with Gasteiger partial charge >= 0.3 is 12.2 Å². The van der Waals surface area contributed by atoms with Gasteiger partial charge in [0.2, 0.25) is 4.58 Å². The fourth-order valence-corrected chi connectivity index (χ4v) is 3.11. The molecule has 0 amide bonds. The quantitative estimate of drug-likeness (QED) is 0.468. The van der Waals surface area contributed by atoms with Crippen LogP contribution in [0.15, 0.2) is 0 Å². The van der Waals surface area contributed by atoms with Gasteiger partial charge in [0.15, 0.2) is 0 Å². The Hall–Kier alpha value is -0.460. The van der Waals surface area contributed by atoms with Gasteiger partial charge in [-0.2, -0.15) is 42.8 Å². The maximum Gasteiger partial charge on any atom is 0.463 e. The molecule has 0 bridgehead atoms. The average Bonchev–Trinajstić information content (AvgIpc) is 1.99. The van der Waals surface area contributed by atoms with Crippen molar-refractivity contribution < 1.29 is 42.8 Å². The first kappa shape index (κ1) is 13.6. The molecule has 0 aromatic heterocycles. The van der Waals surface area contributed by atoms with E-state index < -0.39 is 37.0 Å². The Morgan fingerprint density at radius 1 is 0.875 bits per heavy atom. The van der Waals surface area contributed by atoms with Crippen LogP contribution in [0.3, 0.4) is 0 Å². The van der Waals surface area contributed by atoms with Crippen LogP contribution in [0.1, 0.15) is 6.92 Å². The van der Waals surface area contributed by atoms with Crippen molar-refractivity contribution in [3.05, 3.63) is 0 Å². The van der Waals surface area contributed by atoms with Crippen LogP contribution in [0.25, 0.3) is 0 Å². The molecule has 12 heteroatoms. The summed E-state index contributed by atoms with van der Waals surface area (Å²) in [7, 11) is -10.9. The Labute approximate surface area is 87.4 Å². The van der Waals surface area contributed by atoms with Crippen molar-refractivity contribution in [3.8, 4) is 0 Å². The Morgan fingerprint density at radius 2 is 1.12 bits per heavy atom. The number of halogens is 4. The van der Waals surface area contributed by atoms with Gasteiger partial charge < -0.3 is 0 Å². The summed E-state index contributed by atoms with van der Waals surface area (Å²) in [6.07, 6.45) is -11.2. The number of rotatable bonds is 0. The molecule has 1 saturated heterocycles. The summed E-state index contributed by atoms with van der Waals surface area (Å²) in [6.45, 7) is 0.363. The van der Waals surface area contributed by atoms with Crippen LogP contribution < -0.4 is 0 Å². The Morgan fingerprint density at radius 3 is 1.38 bits per heavy atom. The molecule has 0 unspecified atom stereocenters. The molecule has 0 N–H and O–H groups in total. The van der Waals surface area contributed by atoms with Crippen LogP contribution in [0.4, 0.5) is 17.6 Å². The van der Waals surface area contributed by atoms with E-state index in [0.29, 0.717) is 6.92 Å². The Kier molecular flexibility index (Phi) is 2.78. The SMILES string of the molecule is CC1S(=O)(=O)OC(F)(F)C(F)(F)OS1(=O)=O. The molecular weight excluding hydrogens is 284 g/mol. The lowest BCUT2D eigenvalue weighted by molar-refractivity contribution is -0.375. The molecule has 1 rings (SSSR count). The zero-order valence-corrected chi connectivity index (χ0v) is 8.99. The van der Waals surface area contributed by atoms with Gasteiger partial charge in [-0.1, -0.05) is 0 Å². The minimum atomic E-state index is -5.59. The van der Waals surface area contributed by atoms with E-state index in [-0.39, 0.29) is 0 Å². The van der Waals surface area contributed by atoms with Crippen LogP contribution >= 0.6 is 0 Å². The molecule has 1 fully saturated rings. The largest absolute Gasteiger partial charge is 0.463 e. The molecule has 0 aromatic rings. The lowest BCUT2D eigenvalue weighted by atomic mass is 10.6. The van der Waals surface area contributed by atoms with E-state index in [4.69, 9.17) is 0 Å². The molecule has 0 saturated carbocycles. The van der Waals surface area contributed by atoms with Gasteiger partial charge in [0.25, 0.3) is 20.2 Å². The van der Waals surface area contributed by atoms with Gasteiger partial charge in [-0.25, -0.2) is 0 Å². The maximum atomic E-state index is 12.5. The van der Waals surface area contributed by atoms with Crippen molar-refractivity contribution in [2.45, 2.75) is 23.7 Å². The predicted molar refractivity (Wildman–Crippen MR) is 39.4 cm³/mol. The molecule has 96 valence electrons. The minimum absolute atomic E-state index is 0.363. The summed E-state index contributed by atoms with van der Waals surface area (Å²) < 4.78 is 96.3. The van der Waals surface area contributed by atoms with Crippen LogP contribution in [0, 0.1) is 0 Å². The summed E-state index contributed by atoms with van der Waals surface area (Å²) in [5.41, 5.74) is 0. The number of hydrogen-bond acceptors (Lipinski definition) is 6. The van der Waals surface area contributed by atoms with E-state index in [1.807, 2.05) is 0 Å². The highest BCUT2D eigenvalue weighted by Gasteiger charge is 2.69. The smallest absolute Gasteiger partial charge is 0.198 e. The highest BCUT2D eigenvalue weighted by Crippen LogP contribution is 2.43. The van der Waals surface area contributed by atoms with E-state index in [1.54, 1.807) is 0 Å². The molecule has 16 heavy (non-hydrogen) atoms. The summed E-state index contributed by atoms with van der Waals surface area (Å²) in [6, 6.07) is 0. The molecule has 1 heterocycles. The number of hydrogen-bond donors (Lipinski definition) is 0. The van der Waals surface area contributed by atoms with E-state index in [2.05, 4.69) is 8.37 Å². The monoisotopic (exact) mass is 288 g/mol. The van der Waals surface area contributed by atoms with Crippen molar-refractivity contribution in [2.24, 2.45) is 0 Å². The standard InChI is InChI=1S/C4H4F4O6S2/c1-2-15(9,10)13-3(5,6)4(7,8)14-16(2,11)12/h2H,1H3. The van der Waals surface area contributed by atoms with E-state index in [1.165, 1.54) is 0 Å². The molecule has 1 aliphatic rings. The lowest BCUT2D eigenvalue weighted by Gasteiger charge is -2.19. The van der Waals surface area contributed by atoms with Gasteiger partial charge in [-0.05, 0) is 6.92 Å². The first-order valence-corrected chi connectivity index (χ1v) is 6.41. The third-order valence-corrected chi connectivity index (χ3v) is 5.52. The van der Waals surface area contributed by atoms with Gasteiger partial charge in [-0.15, -0.1) is 0 Å². The highest BCUT2D eigenvalue weighted by molar-refractivity contribution is 8.04. The van der Waals surface area contributed by atoms with Crippen LogP contribution in [-0.2, 0) is 28.6 Å². The van der Waals surface area contributed by atoms with Crippen LogP contribution in [0.2, 0.25) is 0 Å². The molecule has 6 nitrogen and oxygen atoms in total. The Balaban J connectivity index is 3.47. The maximum absolute atomic E-state index is 12.5. The average molecular weight is 288 g/mol. The molecule has 0 aromatic carbocycles. The van der Waals surface area contributed by atoms with Gasteiger partial charge in [0.1, 0.15) is 0 Å². The van der Waals surface area contributed by atoms with Crippen molar-refractivity contribution in [2.75, 3.05) is 0 Å². The van der Waals surface area contributed by atoms with Crippen molar-refractivity contribution in [1.82, 2.24) is 0 Å². The normalized spacial score (nSPS) is 31.8. The molecule has 0 radical (unpaired) electrons. The van der Waals surface area contributed by atoms with E-state index >= 15 is 0 Å². The third-order valence-electron chi connectivity index (χ3n) is 1.59. The summed E-state index contributed by atoms with van der Waals surface area (Å²) in [5, 5.41) is 0. The molecule has 0 aliphatic carbocycles. The second-order valence-electron chi connectivity index (χ2n) is 2.75. The fraction of sp³-hybridized carbons (Fsp3) is 1.00. The molecule has 0 atom stereocenters. The minimum Gasteiger partial charge on any atom is -0.198 e. The first-order valence-electron chi connectivity index (χ1n) is 3.46. The van der Waals surface area contributed by atoms with E-state index in [0.717, 1.165) is 0 Å². The molecular formula is C4H4F4O6S2. The highest BCUT2D eigenvalue weighted by atomic mass is 32.3. The second-order valence-corrected chi connectivity index (χ2v) is 6.77. The van der Waals surface area contributed by atoms with Gasteiger partial charge in [0.05, 0.1) is 0 Å².